The SMILES string of the molecule is CN(C)c1ccc(N=Nc2ccc(S(=O)(=O)NCCCOc3ccc(B(O)O)c(C=O)c3)cc2)cc1. The van der Waals surface area contributed by atoms with Crippen molar-refractivity contribution in [3.63, 3.8) is 0 Å². The Labute approximate surface area is 210 Å². The van der Waals surface area contributed by atoms with Gasteiger partial charge >= 0.3 is 7.12 Å². The third kappa shape index (κ3) is 7.46. The van der Waals surface area contributed by atoms with E-state index in [1.807, 2.05) is 43.3 Å². The van der Waals surface area contributed by atoms with Crippen molar-refractivity contribution in [2.75, 3.05) is 32.1 Å². The van der Waals surface area contributed by atoms with Crippen LogP contribution in [0.15, 0.2) is 81.9 Å². The minimum Gasteiger partial charge on any atom is -0.494 e. The fourth-order valence-corrected chi connectivity index (χ4v) is 4.23. The van der Waals surface area contributed by atoms with Crippen LogP contribution in [0.4, 0.5) is 17.1 Å². The van der Waals surface area contributed by atoms with Gasteiger partial charge in [-0.25, -0.2) is 13.1 Å². The quantitative estimate of drug-likeness (QED) is 0.147. The van der Waals surface area contributed by atoms with Gasteiger partial charge < -0.3 is 19.7 Å². The lowest BCUT2D eigenvalue weighted by molar-refractivity contribution is 0.112. The number of nitrogens with one attached hydrogen (secondary N) is 1. The first kappa shape index (κ1) is 27.0. The molecule has 0 atom stereocenters. The number of carbonyl (C=O) groups excluding carboxylic acids is 1. The lowest BCUT2D eigenvalue weighted by Crippen LogP contribution is -2.32. The fraction of sp³-hybridized carbons (Fsp3) is 0.208. The Morgan fingerprint density at radius 3 is 2.14 bits per heavy atom. The van der Waals surface area contributed by atoms with E-state index in [0.717, 1.165) is 5.69 Å². The maximum atomic E-state index is 12.5. The van der Waals surface area contributed by atoms with Crippen molar-refractivity contribution < 1.29 is 28.0 Å². The monoisotopic (exact) mass is 510 g/mol. The summed E-state index contributed by atoms with van der Waals surface area (Å²) in [5.41, 5.74) is 2.44. The molecule has 0 spiro atoms. The first-order valence-electron chi connectivity index (χ1n) is 11.1. The molecule has 3 N–H and O–H groups in total. The number of hydrogen-bond acceptors (Lipinski definition) is 9. The summed E-state index contributed by atoms with van der Waals surface area (Å²) in [7, 11) is -1.57. The second kappa shape index (κ2) is 12.4. The van der Waals surface area contributed by atoms with Crippen LogP contribution in [0.2, 0.25) is 0 Å². The molecular formula is C24H27BN4O6S. The van der Waals surface area contributed by atoms with E-state index in [4.69, 9.17) is 4.74 Å². The maximum absolute atomic E-state index is 12.5. The van der Waals surface area contributed by atoms with E-state index >= 15 is 0 Å². The highest BCUT2D eigenvalue weighted by Crippen LogP contribution is 2.22. The van der Waals surface area contributed by atoms with Gasteiger partial charge in [-0.3, -0.25) is 4.79 Å². The van der Waals surface area contributed by atoms with Crippen LogP contribution in [0.3, 0.4) is 0 Å². The third-order valence-corrected chi connectivity index (χ3v) is 6.62. The van der Waals surface area contributed by atoms with E-state index in [9.17, 15) is 23.3 Å². The number of benzene rings is 3. The van der Waals surface area contributed by atoms with Crippen LogP contribution in [0, 0.1) is 0 Å². The predicted octanol–water partition coefficient (Wildman–Crippen LogP) is 2.41. The largest absolute Gasteiger partial charge is 0.494 e. The van der Waals surface area contributed by atoms with Gasteiger partial charge in [-0.1, -0.05) is 6.07 Å². The standard InChI is InChI=1S/C24H27BN4O6S/c1-29(2)21-8-4-19(5-9-21)27-28-20-6-11-23(12-7-20)36(33,34)26-14-3-15-35-22-10-13-24(25(31)32)18(16-22)17-30/h4-13,16-17,26,31-32H,3,14-15H2,1-2H3. The van der Waals surface area contributed by atoms with E-state index in [1.54, 1.807) is 12.1 Å². The summed E-state index contributed by atoms with van der Waals surface area (Å²) in [4.78, 5) is 13.2. The molecule has 10 nitrogen and oxygen atoms in total. The van der Waals surface area contributed by atoms with E-state index < -0.39 is 17.1 Å². The van der Waals surface area contributed by atoms with Gasteiger partial charge in [0.05, 0.1) is 22.9 Å². The van der Waals surface area contributed by atoms with Crippen LogP contribution in [0.1, 0.15) is 16.8 Å². The Kier molecular flexibility index (Phi) is 9.31. The van der Waals surface area contributed by atoms with Crippen LogP contribution in [-0.2, 0) is 10.0 Å². The Morgan fingerprint density at radius 1 is 0.972 bits per heavy atom. The van der Waals surface area contributed by atoms with Crippen LogP contribution in [0.25, 0.3) is 0 Å². The number of rotatable bonds is 12. The number of aldehydes is 1. The van der Waals surface area contributed by atoms with Gasteiger partial charge in [-0.2, -0.15) is 10.2 Å². The Hall–Kier alpha value is -3.58. The smallest absolute Gasteiger partial charge is 0.489 e. The molecule has 188 valence electrons. The third-order valence-electron chi connectivity index (χ3n) is 5.14. The van der Waals surface area contributed by atoms with Crippen molar-refractivity contribution in [1.29, 1.82) is 0 Å². The number of carbonyl (C=O) groups is 1. The minimum absolute atomic E-state index is 0.0799. The second-order valence-corrected chi connectivity index (χ2v) is 9.75. The normalized spacial score (nSPS) is 11.4. The number of ether oxygens (including phenoxy) is 1. The summed E-state index contributed by atoms with van der Waals surface area (Å²) in [6.45, 7) is 0.331. The van der Waals surface area contributed by atoms with Gasteiger partial charge in [0.15, 0.2) is 0 Å². The van der Waals surface area contributed by atoms with Gasteiger partial charge in [0.2, 0.25) is 10.0 Å². The number of hydrogen-bond donors (Lipinski definition) is 3. The predicted molar refractivity (Wildman–Crippen MR) is 138 cm³/mol. The Morgan fingerprint density at radius 2 is 1.58 bits per heavy atom. The van der Waals surface area contributed by atoms with Crippen molar-refractivity contribution in [3.05, 3.63) is 72.3 Å². The van der Waals surface area contributed by atoms with Gasteiger partial charge in [0, 0.05) is 31.9 Å². The van der Waals surface area contributed by atoms with Crippen LogP contribution >= 0.6 is 0 Å². The summed E-state index contributed by atoms with van der Waals surface area (Å²) in [6.07, 6.45) is 0.879. The lowest BCUT2D eigenvalue weighted by Gasteiger charge is -2.11. The highest BCUT2D eigenvalue weighted by molar-refractivity contribution is 7.89. The lowest BCUT2D eigenvalue weighted by atomic mass is 9.77. The number of nitrogens with zero attached hydrogens (tertiary/aromatic N) is 3. The van der Waals surface area contributed by atoms with Gasteiger partial charge in [0.25, 0.3) is 0 Å². The average molecular weight is 510 g/mol. The summed E-state index contributed by atoms with van der Waals surface area (Å²) in [5.74, 6) is 0.364. The zero-order valence-electron chi connectivity index (χ0n) is 19.9. The zero-order valence-corrected chi connectivity index (χ0v) is 20.7. The average Bonchev–Trinajstić information content (AvgIpc) is 2.87. The molecule has 0 heterocycles. The molecule has 0 bridgehead atoms. The first-order valence-corrected chi connectivity index (χ1v) is 12.5. The van der Waals surface area contributed by atoms with E-state index in [-0.39, 0.29) is 29.1 Å². The van der Waals surface area contributed by atoms with Crippen LogP contribution in [0.5, 0.6) is 5.75 Å². The zero-order chi connectivity index (χ0) is 26.1. The van der Waals surface area contributed by atoms with Crippen LogP contribution < -0.4 is 19.8 Å². The molecule has 12 heteroatoms. The van der Waals surface area contributed by atoms with Crippen molar-refractivity contribution in [2.24, 2.45) is 10.2 Å². The number of azo groups is 1. The highest BCUT2D eigenvalue weighted by Gasteiger charge is 2.16. The topological polar surface area (TPSA) is 141 Å². The molecule has 3 aromatic rings. The van der Waals surface area contributed by atoms with Gasteiger partial charge in [-0.05, 0) is 72.5 Å². The van der Waals surface area contributed by atoms with Crippen molar-refractivity contribution in [3.8, 4) is 5.75 Å². The second-order valence-electron chi connectivity index (χ2n) is 7.99. The molecule has 0 saturated carbocycles. The van der Waals surface area contributed by atoms with Crippen molar-refractivity contribution in [1.82, 2.24) is 4.72 Å². The summed E-state index contributed by atoms with van der Waals surface area (Å²) >= 11 is 0. The molecule has 36 heavy (non-hydrogen) atoms. The molecular weight excluding hydrogens is 483 g/mol. The number of anilines is 1. The molecule has 3 aromatic carbocycles. The van der Waals surface area contributed by atoms with Gasteiger partial charge in [-0.15, -0.1) is 0 Å². The Bertz CT molecular complexity index is 1300. The molecule has 0 aromatic heterocycles. The summed E-state index contributed by atoms with van der Waals surface area (Å²) in [6, 6.07) is 17.9. The number of sulfonamides is 1. The van der Waals surface area contributed by atoms with Crippen LogP contribution in [-0.4, -0.2) is 59.1 Å². The van der Waals surface area contributed by atoms with Gasteiger partial charge in [0.1, 0.15) is 12.0 Å². The molecule has 0 aliphatic carbocycles. The first-order chi connectivity index (χ1) is 17.2. The van der Waals surface area contributed by atoms with Crippen molar-refractivity contribution >= 4 is 46.0 Å². The molecule has 0 aliphatic rings. The summed E-state index contributed by atoms with van der Waals surface area (Å²) < 4.78 is 33.1. The molecule has 3 rings (SSSR count). The molecule has 0 amide bonds. The molecule has 0 fully saturated rings. The fourth-order valence-electron chi connectivity index (χ4n) is 3.16. The maximum Gasteiger partial charge on any atom is 0.489 e. The van der Waals surface area contributed by atoms with Crippen molar-refractivity contribution in [2.45, 2.75) is 11.3 Å². The summed E-state index contributed by atoms with van der Waals surface area (Å²) in [5, 5.41) is 26.8. The van der Waals surface area contributed by atoms with E-state index in [1.165, 1.54) is 30.3 Å². The molecule has 0 saturated heterocycles. The minimum atomic E-state index is -3.71. The van der Waals surface area contributed by atoms with E-state index in [2.05, 4.69) is 15.0 Å². The molecule has 0 radical (unpaired) electrons. The Balaban J connectivity index is 1.48. The van der Waals surface area contributed by atoms with E-state index in [0.29, 0.717) is 29.8 Å². The molecule has 0 aliphatic heterocycles. The highest BCUT2D eigenvalue weighted by atomic mass is 32.2. The molecule has 0 unspecified atom stereocenters.